The first-order valence-corrected chi connectivity index (χ1v) is 11.4. The van der Waals surface area contributed by atoms with Crippen LogP contribution in [-0.2, 0) is 22.5 Å². The van der Waals surface area contributed by atoms with E-state index in [9.17, 15) is 20.4 Å². The fourth-order valence-corrected chi connectivity index (χ4v) is 4.15. The zero-order valence-electron chi connectivity index (χ0n) is 18.8. The van der Waals surface area contributed by atoms with Crippen LogP contribution in [0, 0.1) is 0 Å². The summed E-state index contributed by atoms with van der Waals surface area (Å²) in [5, 5.41) is 41.3. The number of ether oxygens (including phenoxy) is 3. The number of hydrogen-bond donors (Lipinski definition) is 4. The highest BCUT2D eigenvalue weighted by Crippen LogP contribution is 2.37. The third-order valence-corrected chi connectivity index (χ3v) is 6.04. The van der Waals surface area contributed by atoms with Crippen LogP contribution in [0.3, 0.4) is 0 Å². The number of aliphatic hydroxyl groups is 4. The van der Waals surface area contributed by atoms with E-state index in [0.717, 1.165) is 16.9 Å². The highest BCUT2D eigenvalue weighted by atomic mass is 35.5. The van der Waals surface area contributed by atoms with Crippen molar-refractivity contribution in [2.75, 3.05) is 19.8 Å². The zero-order valence-corrected chi connectivity index (χ0v) is 19.6. The fourth-order valence-electron chi connectivity index (χ4n) is 3.89. The van der Waals surface area contributed by atoms with Crippen LogP contribution in [0.5, 0.6) is 5.75 Å². The van der Waals surface area contributed by atoms with Gasteiger partial charge < -0.3 is 34.6 Å². The Hall–Kier alpha value is -2.23. The molecule has 1 aliphatic rings. The Morgan fingerprint density at radius 3 is 2.29 bits per heavy atom. The normalized spacial score (nSPS) is 24.6. The predicted octanol–water partition coefficient (Wildman–Crippen LogP) is 2.71. The van der Waals surface area contributed by atoms with Crippen LogP contribution in [-0.4, -0.2) is 64.7 Å². The van der Waals surface area contributed by atoms with Gasteiger partial charge in [0.15, 0.2) is 0 Å². The molecule has 34 heavy (non-hydrogen) atoms. The van der Waals surface area contributed by atoms with Crippen molar-refractivity contribution >= 4 is 11.6 Å². The number of benzene rings is 2. The second-order valence-corrected chi connectivity index (χ2v) is 8.52. The lowest BCUT2D eigenvalue weighted by Gasteiger charge is -2.41. The summed E-state index contributed by atoms with van der Waals surface area (Å²) in [6.45, 7) is 7.67. The highest BCUT2D eigenvalue weighted by Gasteiger charge is 2.44. The van der Waals surface area contributed by atoms with E-state index < -0.39 is 37.1 Å². The first-order chi connectivity index (χ1) is 16.4. The average molecular weight is 491 g/mol. The molecule has 2 aromatic rings. The summed E-state index contributed by atoms with van der Waals surface area (Å²) < 4.78 is 16.9. The van der Waals surface area contributed by atoms with Gasteiger partial charge in [0, 0.05) is 5.02 Å². The minimum Gasteiger partial charge on any atom is -0.490 e. The largest absolute Gasteiger partial charge is 0.490 e. The molecule has 0 amide bonds. The van der Waals surface area contributed by atoms with E-state index in [4.69, 9.17) is 25.8 Å². The summed E-state index contributed by atoms with van der Waals surface area (Å²) in [5.41, 5.74) is 2.99. The van der Waals surface area contributed by atoms with Crippen LogP contribution in [0.25, 0.3) is 0 Å². The van der Waals surface area contributed by atoms with Crippen LogP contribution >= 0.6 is 11.6 Å². The molecular formula is C26H31ClO7. The number of halogens is 1. The topological polar surface area (TPSA) is 109 Å². The minimum absolute atomic E-state index is 0.172. The summed E-state index contributed by atoms with van der Waals surface area (Å²) in [6.07, 6.45) is -2.56. The molecule has 7 nitrogen and oxygen atoms in total. The quantitative estimate of drug-likeness (QED) is 0.283. The summed E-state index contributed by atoms with van der Waals surface area (Å²) in [5.74, 6) is 0.728. The molecule has 0 bridgehead atoms. The maximum Gasteiger partial charge on any atom is 0.119 e. The molecule has 0 saturated carbocycles. The third kappa shape index (κ3) is 6.25. The lowest BCUT2D eigenvalue weighted by Crippen LogP contribution is -2.55. The molecule has 3 rings (SSSR count). The minimum atomic E-state index is -1.49. The number of hydrogen-bond acceptors (Lipinski definition) is 7. The van der Waals surface area contributed by atoms with Gasteiger partial charge in [0.1, 0.15) is 42.9 Å². The van der Waals surface area contributed by atoms with Gasteiger partial charge in [0.2, 0.25) is 0 Å². The van der Waals surface area contributed by atoms with E-state index in [0.29, 0.717) is 35.8 Å². The Kier molecular flexibility index (Phi) is 9.67. The second-order valence-electron chi connectivity index (χ2n) is 8.12. The van der Waals surface area contributed by atoms with Crippen molar-refractivity contribution in [3.63, 3.8) is 0 Å². The molecule has 0 spiro atoms. The number of rotatable bonds is 11. The van der Waals surface area contributed by atoms with Gasteiger partial charge in [-0.25, -0.2) is 0 Å². The summed E-state index contributed by atoms with van der Waals surface area (Å²) in [7, 11) is 0. The molecule has 1 fully saturated rings. The molecule has 184 valence electrons. The van der Waals surface area contributed by atoms with E-state index >= 15 is 0 Å². The van der Waals surface area contributed by atoms with Gasteiger partial charge >= 0.3 is 0 Å². The Morgan fingerprint density at radius 1 is 0.941 bits per heavy atom. The summed E-state index contributed by atoms with van der Waals surface area (Å²) in [6, 6.07) is 11.2. The Balaban J connectivity index is 1.93. The van der Waals surface area contributed by atoms with Crippen molar-refractivity contribution in [3.05, 3.63) is 89.0 Å². The van der Waals surface area contributed by atoms with Crippen LogP contribution in [0.2, 0.25) is 5.02 Å². The van der Waals surface area contributed by atoms with Crippen molar-refractivity contribution in [1.82, 2.24) is 0 Å². The summed E-state index contributed by atoms with van der Waals surface area (Å²) >= 11 is 6.60. The van der Waals surface area contributed by atoms with Gasteiger partial charge in [-0.2, -0.15) is 0 Å². The van der Waals surface area contributed by atoms with E-state index in [2.05, 4.69) is 13.2 Å². The molecule has 5 atom stereocenters. The Morgan fingerprint density at radius 2 is 1.65 bits per heavy atom. The lowest BCUT2D eigenvalue weighted by atomic mass is 9.87. The van der Waals surface area contributed by atoms with E-state index in [1.165, 1.54) is 0 Å². The highest BCUT2D eigenvalue weighted by molar-refractivity contribution is 6.31. The summed E-state index contributed by atoms with van der Waals surface area (Å²) in [4.78, 5) is 0. The SMILES string of the molecule is C=CCOCc1cc(Cl)c(Cc2ccc(OCC=C)cc2)cc1[C@@H]1O[C@H](CO)[C@@H](O)[C@H](O)[C@H]1O. The molecule has 0 aliphatic carbocycles. The molecule has 1 heterocycles. The van der Waals surface area contributed by atoms with Gasteiger partial charge in [0.05, 0.1) is 19.8 Å². The van der Waals surface area contributed by atoms with Crippen LogP contribution < -0.4 is 4.74 Å². The standard InChI is InChI=1S/C26H31ClO7/c1-3-9-32-15-18-13-21(27)17(11-16-5-7-19(8-6-16)33-10-4-2)12-20(18)26-25(31)24(30)23(29)22(14-28)34-26/h3-8,12-13,22-26,28-31H,1-2,9-11,14-15H2/t22-,23-,24+,25-,26+/m1/s1. The maximum atomic E-state index is 10.7. The molecule has 0 aromatic heterocycles. The van der Waals surface area contributed by atoms with Gasteiger partial charge in [-0.1, -0.05) is 48.5 Å². The molecule has 1 aliphatic heterocycles. The predicted molar refractivity (Wildman–Crippen MR) is 129 cm³/mol. The molecule has 8 heteroatoms. The first-order valence-electron chi connectivity index (χ1n) is 11.0. The van der Waals surface area contributed by atoms with Crippen molar-refractivity contribution < 1.29 is 34.6 Å². The smallest absolute Gasteiger partial charge is 0.119 e. The monoisotopic (exact) mass is 490 g/mol. The van der Waals surface area contributed by atoms with Gasteiger partial charge in [-0.05, 0) is 46.9 Å². The maximum absolute atomic E-state index is 10.7. The molecule has 1 saturated heterocycles. The average Bonchev–Trinajstić information content (AvgIpc) is 2.84. The van der Waals surface area contributed by atoms with Crippen LogP contribution in [0.15, 0.2) is 61.7 Å². The van der Waals surface area contributed by atoms with Gasteiger partial charge in [0.25, 0.3) is 0 Å². The zero-order chi connectivity index (χ0) is 24.7. The third-order valence-electron chi connectivity index (χ3n) is 5.69. The van der Waals surface area contributed by atoms with Crippen molar-refractivity contribution in [3.8, 4) is 5.75 Å². The van der Waals surface area contributed by atoms with Crippen LogP contribution in [0.1, 0.15) is 28.4 Å². The molecule has 4 N–H and O–H groups in total. The van der Waals surface area contributed by atoms with E-state index in [1.807, 2.05) is 30.3 Å². The molecule has 2 aromatic carbocycles. The first kappa shape index (κ1) is 26.4. The van der Waals surface area contributed by atoms with Crippen LogP contribution in [0.4, 0.5) is 0 Å². The van der Waals surface area contributed by atoms with Crippen molar-refractivity contribution in [2.24, 2.45) is 0 Å². The van der Waals surface area contributed by atoms with E-state index in [1.54, 1.807) is 18.2 Å². The second kappa shape index (κ2) is 12.5. The Labute approximate surface area is 204 Å². The number of aliphatic hydroxyl groups excluding tert-OH is 4. The fraction of sp³-hybridized carbons (Fsp3) is 0.385. The molecule has 0 unspecified atom stereocenters. The lowest BCUT2D eigenvalue weighted by molar-refractivity contribution is -0.232. The van der Waals surface area contributed by atoms with Gasteiger partial charge in [-0.15, -0.1) is 6.58 Å². The van der Waals surface area contributed by atoms with Gasteiger partial charge in [-0.3, -0.25) is 0 Å². The van der Waals surface area contributed by atoms with Crippen molar-refractivity contribution in [2.45, 2.75) is 43.5 Å². The van der Waals surface area contributed by atoms with Crippen molar-refractivity contribution in [1.29, 1.82) is 0 Å². The molecule has 0 radical (unpaired) electrons. The Bertz CT molecular complexity index is 960. The van der Waals surface area contributed by atoms with E-state index in [-0.39, 0.29) is 6.61 Å². The molecular weight excluding hydrogens is 460 g/mol.